The molecule has 0 radical (unpaired) electrons. The molecule has 0 atom stereocenters. The van der Waals surface area contributed by atoms with Crippen LogP contribution in [-0.2, 0) is 25.8 Å². The predicted octanol–water partition coefficient (Wildman–Crippen LogP) is 11.6. The number of benzene rings is 6. The summed E-state index contributed by atoms with van der Waals surface area (Å²) in [6.07, 6.45) is 0. The van der Waals surface area contributed by atoms with Gasteiger partial charge < -0.3 is 14.9 Å². The minimum Gasteiger partial charge on any atom is -0.358 e. The van der Waals surface area contributed by atoms with Gasteiger partial charge in [-0.25, -0.2) is 0 Å². The fourth-order valence-corrected chi connectivity index (χ4v) is 11.8. The Morgan fingerprint density at radius 1 is 0.435 bits per heavy atom. The standard InChI is InChI=1S/C42H34Si.2CH3.Hf/c1-3-43(4-2,33-25-31-17-11-23-39(41(31)27-33)37-21-9-15-29-13-5-7-19-35(29)37)34-26-32-18-12-24-40(42(32)28-34)38-22-10-16-30-14-6-8-20-36(30)38;;;/h5-28H,3-4H2,1-2H3;2*1H3;/q-2;2*-1;+4. The number of fused-ring (bicyclic) bond motifs is 4. The first kappa shape index (κ1) is 33.5. The zero-order valence-electron chi connectivity index (χ0n) is 27.3. The molecule has 8 rings (SSSR count). The fourth-order valence-electron chi connectivity index (χ4n) is 7.65. The Balaban J connectivity index is 0.00000139. The first-order valence-corrected chi connectivity index (χ1v) is 18.0. The Labute approximate surface area is 294 Å². The van der Waals surface area contributed by atoms with E-state index in [-0.39, 0.29) is 40.7 Å². The van der Waals surface area contributed by atoms with Crippen molar-refractivity contribution in [2.75, 3.05) is 0 Å². The molecule has 0 aliphatic rings. The molecule has 0 aliphatic carbocycles. The third kappa shape index (κ3) is 5.26. The minimum absolute atomic E-state index is 0. The van der Waals surface area contributed by atoms with Crippen LogP contribution in [0.15, 0.2) is 146 Å². The molecule has 0 saturated heterocycles. The molecule has 0 spiro atoms. The summed E-state index contributed by atoms with van der Waals surface area (Å²) in [4.78, 5) is 0. The smallest absolute Gasteiger partial charge is 0.358 e. The number of rotatable bonds is 6. The van der Waals surface area contributed by atoms with Crippen molar-refractivity contribution in [1.29, 1.82) is 0 Å². The molecule has 8 aromatic carbocycles. The van der Waals surface area contributed by atoms with Crippen molar-refractivity contribution in [2.24, 2.45) is 0 Å². The maximum absolute atomic E-state index is 2.55. The normalized spacial score (nSPS) is 11.3. The second-order valence-corrected chi connectivity index (χ2v) is 16.7. The van der Waals surface area contributed by atoms with Crippen molar-refractivity contribution in [2.45, 2.75) is 25.9 Å². The Morgan fingerprint density at radius 2 is 0.783 bits per heavy atom. The number of hydrogen-bond acceptors (Lipinski definition) is 0. The molecule has 0 aliphatic heterocycles. The van der Waals surface area contributed by atoms with E-state index in [4.69, 9.17) is 0 Å². The van der Waals surface area contributed by atoms with E-state index in [1.54, 1.807) is 10.4 Å². The summed E-state index contributed by atoms with van der Waals surface area (Å²) in [5, 5.41) is 13.8. The van der Waals surface area contributed by atoms with E-state index >= 15 is 0 Å². The monoisotopic (exact) mass is 776 g/mol. The molecule has 0 amide bonds. The van der Waals surface area contributed by atoms with Gasteiger partial charge in [-0.1, -0.05) is 134 Å². The summed E-state index contributed by atoms with van der Waals surface area (Å²) in [5.41, 5.74) is 5.31. The van der Waals surface area contributed by atoms with E-state index in [2.05, 4.69) is 159 Å². The zero-order chi connectivity index (χ0) is 29.0. The van der Waals surface area contributed by atoms with Crippen LogP contribution >= 0.6 is 0 Å². The SMILES string of the molecule is CC[Si](CC)(c1cc2c(-c3cccc4ccccc34)cccc2[cH-]1)c1cc2c(-c3cccc4ccccc34)cccc2[cH-]1.[CH3-].[CH3-].[Hf+4]. The van der Waals surface area contributed by atoms with Crippen LogP contribution in [0.3, 0.4) is 0 Å². The van der Waals surface area contributed by atoms with Crippen molar-refractivity contribution in [3.8, 4) is 22.3 Å². The quantitative estimate of drug-likeness (QED) is 0.117. The van der Waals surface area contributed by atoms with Crippen LogP contribution < -0.4 is 10.4 Å². The molecular weight excluding hydrogens is 735 g/mol. The van der Waals surface area contributed by atoms with Gasteiger partial charge in [-0.2, -0.15) is 12.1 Å². The second kappa shape index (κ2) is 13.5. The number of hydrogen-bond donors (Lipinski definition) is 0. The molecule has 46 heavy (non-hydrogen) atoms. The molecule has 0 N–H and O–H groups in total. The van der Waals surface area contributed by atoms with Crippen LogP contribution in [0.1, 0.15) is 13.8 Å². The van der Waals surface area contributed by atoms with E-state index in [1.807, 2.05) is 0 Å². The average Bonchev–Trinajstić information content (AvgIpc) is 3.71. The summed E-state index contributed by atoms with van der Waals surface area (Å²) in [5.74, 6) is 0. The molecule has 0 fully saturated rings. The molecule has 8 aromatic rings. The molecule has 0 nitrogen and oxygen atoms in total. The van der Waals surface area contributed by atoms with E-state index in [1.165, 1.54) is 77.4 Å². The Bertz CT molecular complexity index is 2110. The second-order valence-electron chi connectivity index (χ2n) is 11.9. The molecule has 0 aromatic heterocycles. The van der Waals surface area contributed by atoms with Crippen LogP contribution in [0.2, 0.25) is 12.1 Å². The third-order valence-electron chi connectivity index (χ3n) is 9.97. The molecule has 0 bridgehead atoms. The van der Waals surface area contributed by atoms with Gasteiger partial charge in [0.2, 0.25) is 0 Å². The van der Waals surface area contributed by atoms with E-state index in [0.29, 0.717) is 0 Å². The molecule has 0 heterocycles. The molecule has 0 unspecified atom stereocenters. The first-order chi connectivity index (χ1) is 21.2. The van der Waals surface area contributed by atoms with Crippen molar-refractivity contribution in [1.82, 2.24) is 0 Å². The molecule has 2 heteroatoms. The van der Waals surface area contributed by atoms with Gasteiger partial charge >= 0.3 is 25.8 Å². The van der Waals surface area contributed by atoms with E-state index in [0.717, 1.165) is 0 Å². The van der Waals surface area contributed by atoms with E-state index < -0.39 is 8.07 Å². The van der Waals surface area contributed by atoms with Crippen LogP contribution in [0.4, 0.5) is 0 Å². The van der Waals surface area contributed by atoms with Crippen LogP contribution in [0, 0.1) is 14.9 Å². The van der Waals surface area contributed by atoms with Crippen molar-refractivity contribution in [3.05, 3.63) is 160 Å². The summed E-state index contributed by atoms with van der Waals surface area (Å²) < 4.78 is 0. The summed E-state index contributed by atoms with van der Waals surface area (Å²) in [6, 6.07) is 57.1. The van der Waals surface area contributed by atoms with Crippen LogP contribution in [0.5, 0.6) is 0 Å². The van der Waals surface area contributed by atoms with Gasteiger partial charge in [0.25, 0.3) is 0 Å². The third-order valence-corrected chi connectivity index (χ3v) is 15.2. The van der Waals surface area contributed by atoms with Crippen LogP contribution in [0.25, 0.3) is 65.3 Å². The first-order valence-electron chi connectivity index (χ1n) is 15.6. The average molecular weight is 775 g/mol. The zero-order valence-corrected chi connectivity index (χ0v) is 31.9. The van der Waals surface area contributed by atoms with Gasteiger partial charge in [0.15, 0.2) is 0 Å². The Hall–Kier alpha value is -3.85. The molecule has 0 saturated carbocycles. The van der Waals surface area contributed by atoms with Gasteiger partial charge in [0, 0.05) is 0 Å². The maximum Gasteiger partial charge on any atom is 4.00 e. The van der Waals surface area contributed by atoms with Crippen molar-refractivity contribution >= 4 is 61.5 Å². The van der Waals surface area contributed by atoms with Gasteiger partial charge in [0.05, 0.1) is 8.07 Å². The Kier molecular flexibility index (Phi) is 9.82. The largest absolute Gasteiger partial charge is 4.00 e. The van der Waals surface area contributed by atoms with Crippen LogP contribution in [-0.4, -0.2) is 8.07 Å². The van der Waals surface area contributed by atoms with Gasteiger partial charge in [-0.05, 0) is 32.7 Å². The van der Waals surface area contributed by atoms with Gasteiger partial charge in [-0.3, -0.25) is 0 Å². The summed E-state index contributed by atoms with van der Waals surface area (Å²) >= 11 is 0. The topological polar surface area (TPSA) is 0 Å². The Morgan fingerprint density at radius 3 is 1.20 bits per heavy atom. The predicted molar refractivity (Wildman–Crippen MR) is 204 cm³/mol. The molecule has 224 valence electrons. The fraction of sp³-hybridized carbons (Fsp3) is 0.0909. The van der Waals surface area contributed by atoms with Gasteiger partial charge in [0.1, 0.15) is 0 Å². The minimum atomic E-state index is -2.02. The maximum atomic E-state index is 2.55. The van der Waals surface area contributed by atoms with E-state index in [9.17, 15) is 0 Å². The summed E-state index contributed by atoms with van der Waals surface area (Å²) in [7, 11) is -2.02. The van der Waals surface area contributed by atoms with Crippen molar-refractivity contribution in [3.63, 3.8) is 0 Å². The molecular formula is C44H40HfSi. The van der Waals surface area contributed by atoms with Gasteiger partial charge in [-0.15, -0.1) is 68.3 Å². The summed E-state index contributed by atoms with van der Waals surface area (Å²) in [6.45, 7) is 4.84. The van der Waals surface area contributed by atoms with Crippen molar-refractivity contribution < 1.29 is 25.8 Å².